The lowest BCUT2D eigenvalue weighted by Gasteiger charge is -2.42. The van der Waals surface area contributed by atoms with E-state index in [4.69, 9.17) is 23.1 Å². The Morgan fingerprint density at radius 1 is 0.681 bits per heavy atom. The van der Waals surface area contributed by atoms with E-state index >= 15 is 0 Å². The van der Waals surface area contributed by atoms with E-state index in [1.54, 1.807) is 19.2 Å². The Hall–Kier alpha value is -2.02. The SMILES string of the molecule is COc1ccc(COCC[C@@H](O[Si](C)(C)C(C)(C)C)[C@@H](C)C(=O)[C@@H](C)[C@@H](CCOCc2ccc(O)cc2)O[Si](C)(C)C(C)(C)C)cc1. The van der Waals surface area contributed by atoms with Crippen molar-refractivity contribution < 1.29 is 33.0 Å². The second-order valence-electron chi connectivity index (χ2n) is 16.0. The smallest absolute Gasteiger partial charge is 0.192 e. The number of carbonyl (C=O) groups is 1. The number of phenols is 1. The van der Waals surface area contributed by atoms with Crippen LogP contribution in [0, 0.1) is 11.8 Å². The number of rotatable bonds is 19. The van der Waals surface area contributed by atoms with E-state index in [9.17, 15) is 9.90 Å². The molecule has 9 heteroatoms. The molecule has 0 aromatic heterocycles. The number of hydrogen-bond acceptors (Lipinski definition) is 7. The van der Waals surface area contributed by atoms with Gasteiger partial charge in [-0.25, -0.2) is 0 Å². The van der Waals surface area contributed by atoms with Crippen molar-refractivity contribution in [1.29, 1.82) is 0 Å². The lowest BCUT2D eigenvalue weighted by Crippen LogP contribution is -2.50. The minimum Gasteiger partial charge on any atom is -0.508 e. The largest absolute Gasteiger partial charge is 0.508 e. The van der Waals surface area contributed by atoms with Gasteiger partial charge in [0.05, 0.1) is 32.5 Å². The molecule has 1 N–H and O–H groups in total. The molecule has 0 spiro atoms. The highest BCUT2D eigenvalue weighted by atomic mass is 28.4. The molecule has 47 heavy (non-hydrogen) atoms. The van der Waals surface area contributed by atoms with Gasteiger partial charge in [-0.05, 0) is 84.5 Å². The van der Waals surface area contributed by atoms with Crippen LogP contribution in [0.1, 0.15) is 79.4 Å². The summed E-state index contributed by atoms with van der Waals surface area (Å²) in [7, 11) is -2.70. The molecule has 0 saturated heterocycles. The number of methoxy groups -OCH3 is 1. The van der Waals surface area contributed by atoms with Gasteiger partial charge in [-0.15, -0.1) is 0 Å². The molecule has 0 heterocycles. The first kappa shape index (κ1) is 41.2. The predicted molar refractivity (Wildman–Crippen MR) is 197 cm³/mol. The van der Waals surface area contributed by atoms with Gasteiger partial charge in [-0.1, -0.05) is 79.7 Å². The molecule has 2 aromatic rings. The highest BCUT2D eigenvalue weighted by Crippen LogP contribution is 2.41. The Labute approximate surface area is 288 Å². The fraction of sp³-hybridized carbons (Fsp3) is 0.658. The summed E-state index contributed by atoms with van der Waals surface area (Å²) in [5, 5.41) is 9.60. The van der Waals surface area contributed by atoms with Gasteiger partial charge in [0.15, 0.2) is 16.6 Å². The topological polar surface area (TPSA) is 83.5 Å². The molecule has 0 amide bonds. The second kappa shape index (κ2) is 17.6. The molecule has 0 aliphatic heterocycles. The van der Waals surface area contributed by atoms with Crippen molar-refractivity contribution in [1.82, 2.24) is 0 Å². The van der Waals surface area contributed by atoms with Crippen molar-refractivity contribution in [3.63, 3.8) is 0 Å². The van der Waals surface area contributed by atoms with Gasteiger partial charge < -0.3 is 28.2 Å². The van der Waals surface area contributed by atoms with Crippen LogP contribution in [-0.4, -0.2) is 60.1 Å². The summed E-state index contributed by atoms with van der Waals surface area (Å²) in [5.74, 6) is 0.552. The quantitative estimate of drug-likeness (QED) is 0.116. The fourth-order valence-electron chi connectivity index (χ4n) is 4.81. The van der Waals surface area contributed by atoms with Gasteiger partial charge in [0.1, 0.15) is 17.3 Å². The molecular formula is C38H64O7Si2. The second-order valence-corrected chi connectivity index (χ2v) is 25.5. The standard InChI is InChI=1S/C38H64O7Si2/c1-28(34(44-46(10,11)37(3,4)5)22-24-42-26-30-14-18-32(39)19-15-30)36(40)29(2)35(45-47(12,13)38(6,7)8)23-25-43-27-31-16-20-33(41-9)21-17-31/h14-21,28-29,34-35,39H,22-27H2,1-13H3/t28-,29+,34+,35+/m0/s1. The van der Waals surface area contributed by atoms with Gasteiger partial charge in [0.2, 0.25) is 0 Å². The molecule has 0 unspecified atom stereocenters. The van der Waals surface area contributed by atoms with E-state index in [-0.39, 0.29) is 45.7 Å². The highest BCUT2D eigenvalue weighted by molar-refractivity contribution is 6.74. The van der Waals surface area contributed by atoms with Crippen LogP contribution in [0.5, 0.6) is 11.5 Å². The van der Waals surface area contributed by atoms with E-state index in [0.29, 0.717) is 39.3 Å². The Kier molecular flexibility index (Phi) is 15.4. The number of benzene rings is 2. The molecule has 0 saturated carbocycles. The minimum atomic E-state index is -2.18. The number of aromatic hydroxyl groups is 1. The molecule has 0 radical (unpaired) electrons. The van der Waals surface area contributed by atoms with Crippen LogP contribution in [0.25, 0.3) is 0 Å². The maximum Gasteiger partial charge on any atom is 0.192 e. The van der Waals surface area contributed by atoms with Crippen molar-refractivity contribution in [3.05, 3.63) is 59.7 Å². The third-order valence-corrected chi connectivity index (χ3v) is 19.3. The normalized spacial score (nSPS) is 15.6. The zero-order chi connectivity index (χ0) is 35.6. The first-order chi connectivity index (χ1) is 21.7. The van der Waals surface area contributed by atoms with Gasteiger partial charge in [-0.3, -0.25) is 4.79 Å². The number of ketones is 1. The van der Waals surface area contributed by atoms with Gasteiger partial charge >= 0.3 is 0 Å². The fourth-order valence-corrected chi connectivity index (χ4v) is 7.67. The number of phenolic OH excluding ortho intramolecular Hbond substituents is 1. The maximum atomic E-state index is 14.4. The van der Waals surface area contributed by atoms with E-state index in [0.717, 1.165) is 16.9 Å². The molecule has 2 aromatic carbocycles. The number of hydrogen-bond donors (Lipinski definition) is 1. The Morgan fingerprint density at radius 2 is 1.04 bits per heavy atom. The highest BCUT2D eigenvalue weighted by Gasteiger charge is 2.44. The van der Waals surface area contributed by atoms with Crippen LogP contribution in [0.3, 0.4) is 0 Å². The summed E-state index contributed by atoms with van der Waals surface area (Å²) in [5.41, 5.74) is 2.06. The van der Waals surface area contributed by atoms with Crippen LogP contribution in [0.15, 0.2) is 48.5 Å². The Balaban J connectivity index is 2.20. The lowest BCUT2D eigenvalue weighted by molar-refractivity contribution is -0.132. The van der Waals surface area contributed by atoms with Gasteiger partial charge in [0, 0.05) is 25.0 Å². The number of carbonyl (C=O) groups excluding carboxylic acids is 1. The zero-order valence-electron chi connectivity index (χ0n) is 31.6. The molecule has 0 aliphatic rings. The summed E-state index contributed by atoms with van der Waals surface area (Å²) in [6, 6.07) is 14.9. The molecule has 0 fully saturated rings. The zero-order valence-corrected chi connectivity index (χ0v) is 33.6. The van der Waals surface area contributed by atoms with Crippen molar-refractivity contribution >= 4 is 22.4 Å². The monoisotopic (exact) mass is 688 g/mol. The predicted octanol–water partition coefficient (Wildman–Crippen LogP) is 9.54. The minimum absolute atomic E-state index is 0.00172. The third-order valence-electron chi connectivity index (χ3n) is 10.2. The first-order valence-electron chi connectivity index (χ1n) is 17.1. The average molecular weight is 689 g/mol. The number of Topliss-reactive ketones (excluding diaryl/α,β-unsaturated/α-hetero) is 1. The van der Waals surface area contributed by atoms with Crippen molar-refractivity contribution in [2.75, 3.05) is 20.3 Å². The summed E-state index contributed by atoms with van der Waals surface area (Å²) in [6.07, 6.45) is 0.709. The lowest BCUT2D eigenvalue weighted by atomic mass is 9.86. The first-order valence-corrected chi connectivity index (χ1v) is 23.0. The molecule has 0 aliphatic carbocycles. The molecule has 2 rings (SSSR count). The summed E-state index contributed by atoms with van der Waals surface area (Å²) >= 11 is 0. The van der Waals surface area contributed by atoms with Crippen LogP contribution in [0.4, 0.5) is 0 Å². The average Bonchev–Trinajstić information content (AvgIpc) is 2.99. The van der Waals surface area contributed by atoms with Crippen molar-refractivity contribution in [3.8, 4) is 11.5 Å². The summed E-state index contributed by atoms with van der Waals surface area (Å²) < 4.78 is 31.3. The summed E-state index contributed by atoms with van der Waals surface area (Å²) in [6.45, 7) is 28.2. The van der Waals surface area contributed by atoms with E-state index in [1.807, 2.05) is 50.2 Å². The van der Waals surface area contributed by atoms with Crippen LogP contribution >= 0.6 is 0 Å². The van der Waals surface area contributed by atoms with Crippen molar-refractivity contribution in [2.24, 2.45) is 11.8 Å². The molecule has 266 valence electrons. The summed E-state index contributed by atoms with van der Waals surface area (Å²) in [4.78, 5) is 14.4. The Morgan fingerprint density at radius 3 is 1.38 bits per heavy atom. The van der Waals surface area contributed by atoms with Crippen LogP contribution < -0.4 is 4.74 Å². The molecule has 7 nitrogen and oxygen atoms in total. The molecule has 0 bridgehead atoms. The van der Waals surface area contributed by atoms with Crippen LogP contribution in [0.2, 0.25) is 36.3 Å². The molecule has 4 atom stereocenters. The van der Waals surface area contributed by atoms with Gasteiger partial charge in [0.25, 0.3) is 0 Å². The maximum absolute atomic E-state index is 14.4. The van der Waals surface area contributed by atoms with Crippen molar-refractivity contribution in [2.45, 2.75) is 130 Å². The van der Waals surface area contributed by atoms with E-state index < -0.39 is 16.6 Å². The van der Waals surface area contributed by atoms with E-state index in [2.05, 4.69) is 67.7 Å². The Bertz CT molecular complexity index is 1210. The van der Waals surface area contributed by atoms with Crippen LogP contribution in [-0.2, 0) is 36.3 Å². The molecular weight excluding hydrogens is 625 g/mol. The van der Waals surface area contributed by atoms with E-state index in [1.165, 1.54) is 0 Å². The number of ether oxygens (including phenoxy) is 3. The third kappa shape index (κ3) is 12.7. The van der Waals surface area contributed by atoms with Gasteiger partial charge in [-0.2, -0.15) is 0 Å².